The van der Waals surface area contributed by atoms with Crippen molar-refractivity contribution in [3.8, 4) is 0 Å². The third-order valence-corrected chi connectivity index (χ3v) is 3.20. The molecule has 0 spiro atoms. The van der Waals surface area contributed by atoms with Crippen LogP contribution in [0.3, 0.4) is 0 Å². The van der Waals surface area contributed by atoms with E-state index < -0.39 is 17.9 Å². The fourth-order valence-corrected chi connectivity index (χ4v) is 2.05. The van der Waals surface area contributed by atoms with Gasteiger partial charge >= 0.3 is 10.8 Å². The molecule has 94 valence electrons. The standard InChI is InChI=1S/C10H14N2O4S/c1-3-7(9(14)15)11-8(13)4-12-6(2)5-17-10(12)16/h5,7H,3-4H2,1-2H3,(H,11,13)(H,14,15)/t7-/m1/s1. The Hall–Kier alpha value is -1.63. The van der Waals surface area contributed by atoms with Crippen LogP contribution in [0.4, 0.5) is 0 Å². The van der Waals surface area contributed by atoms with Crippen LogP contribution in [0.1, 0.15) is 19.0 Å². The number of carbonyl (C=O) groups is 2. The molecule has 0 radical (unpaired) electrons. The van der Waals surface area contributed by atoms with Crippen LogP contribution in [0.15, 0.2) is 10.2 Å². The molecule has 1 rings (SSSR count). The summed E-state index contributed by atoms with van der Waals surface area (Å²) in [5.74, 6) is -1.54. The van der Waals surface area contributed by atoms with Gasteiger partial charge in [-0.3, -0.25) is 14.2 Å². The molecule has 0 saturated heterocycles. The Morgan fingerprint density at radius 2 is 2.24 bits per heavy atom. The third kappa shape index (κ3) is 3.42. The van der Waals surface area contributed by atoms with E-state index in [-0.39, 0.29) is 11.4 Å². The van der Waals surface area contributed by atoms with Crippen molar-refractivity contribution in [3.63, 3.8) is 0 Å². The normalized spacial score (nSPS) is 12.1. The van der Waals surface area contributed by atoms with Crippen molar-refractivity contribution < 1.29 is 14.7 Å². The second-order valence-corrected chi connectivity index (χ2v) is 4.42. The molecule has 0 aromatic carbocycles. The van der Waals surface area contributed by atoms with Crippen LogP contribution < -0.4 is 10.2 Å². The minimum absolute atomic E-state index is 0.141. The molecular formula is C10H14N2O4S. The molecule has 0 fully saturated rings. The molecule has 6 nitrogen and oxygen atoms in total. The largest absolute Gasteiger partial charge is 0.480 e. The zero-order chi connectivity index (χ0) is 13.0. The lowest BCUT2D eigenvalue weighted by Crippen LogP contribution is -2.42. The van der Waals surface area contributed by atoms with Gasteiger partial charge in [-0.1, -0.05) is 18.3 Å². The molecule has 0 unspecified atom stereocenters. The second-order valence-electron chi connectivity index (χ2n) is 3.60. The summed E-state index contributed by atoms with van der Waals surface area (Å²) < 4.78 is 1.31. The summed E-state index contributed by atoms with van der Waals surface area (Å²) >= 11 is 1.02. The van der Waals surface area contributed by atoms with Gasteiger partial charge < -0.3 is 10.4 Å². The number of nitrogens with one attached hydrogen (secondary N) is 1. The Bertz CT molecular complexity index is 477. The van der Waals surface area contributed by atoms with E-state index in [0.717, 1.165) is 11.3 Å². The van der Waals surface area contributed by atoms with Gasteiger partial charge in [-0.2, -0.15) is 0 Å². The van der Waals surface area contributed by atoms with E-state index in [0.29, 0.717) is 12.1 Å². The molecular weight excluding hydrogens is 244 g/mol. The highest BCUT2D eigenvalue weighted by Crippen LogP contribution is 1.99. The number of aromatic nitrogens is 1. The van der Waals surface area contributed by atoms with E-state index in [4.69, 9.17) is 5.11 Å². The molecule has 0 saturated carbocycles. The van der Waals surface area contributed by atoms with Crippen molar-refractivity contribution in [1.82, 2.24) is 9.88 Å². The van der Waals surface area contributed by atoms with Gasteiger partial charge in [0.2, 0.25) is 5.91 Å². The number of carboxylic acid groups (broad SMARTS) is 1. The zero-order valence-electron chi connectivity index (χ0n) is 9.60. The van der Waals surface area contributed by atoms with Crippen LogP contribution in [0.2, 0.25) is 0 Å². The number of nitrogens with zero attached hydrogens (tertiary/aromatic N) is 1. The molecule has 1 aromatic rings. The summed E-state index contributed by atoms with van der Waals surface area (Å²) in [4.78, 5) is 33.4. The minimum atomic E-state index is -1.07. The zero-order valence-corrected chi connectivity index (χ0v) is 10.4. The molecule has 7 heteroatoms. The highest BCUT2D eigenvalue weighted by Gasteiger charge is 2.18. The van der Waals surface area contributed by atoms with Crippen molar-refractivity contribution in [2.45, 2.75) is 32.9 Å². The maximum Gasteiger partial charge on any atom is 0.326 e. The number of carboxylic acids is 1. The lowest BCUT2D eigenvalue weighted by Gasteiger charge is -2.12. The monoisotopic (exact) mass is 258 g/mol. The van der Waals surface area contributed by atoms with Crippen LogP contribution in [0, 0.1) is 6.92 Å². The highest BCUT2D eigenvalue weighted by molar-refractivity contribution is 7.07. The number of amides is 1. The van der Waals surface area contributed by atoms with Crippen LogP contribution >= 0.6 is 11.3 Å². The Kier molecular flexibility index (Phi) is 4.45. The number of aliphatic carboxylic acids is 1. The fraction of sp³-hybridized carbons (Fsp3) is 0.500. The molecule has 0 bridgehead atoms. The Morgan fingerprint density at radius 3 is 2.65 bits per heavy atom. The maximum atomic E-state index is 11.6. The Labute approximate surface area is 102 Å². The molecule has 0 aliphatic heterocycles. The Morgan fingerprint density at radius 1 is 1.59 bits per heavy atom. The van der Waals surface area contributed by atoms with E-state index in [2.05, 4.69) is 5.32 Å². The number of hydrogen-bond donors (Lipinski definition) is 2. The summed E-state index contributed by atoms with van der Waals surface area (Å²) in [5.41, 5.74) is 0.693. The first-order chi connectivity index (χ1) is 7.95. The average Bonchev–Trinajstić information content (AvgIpc) is 2.57. The van der Waals surface area contributed by atoms with Gasteiger partial charge in [-0.15, -0.1) is 0 Å². The minimum Gasteiger partial charge on any atom is -0.480 e. The number of carbonyl (C=O) groups excluding carboxylic acids is 1. The molecule has 0 aliphatic carbocycles. The fourth-order valence-electron chi connectivity index (χ4n) is 1.32. The second kappa shape index (κ2) is 5.62. The highest BCUT2D eigenvalue weighted by atomic mass is 32.1. The lowest BCUT2D eigenvalue weighted by molar-refractivity contribution is -0.142. The first-order valence-electron chi connectivity index (χ1n) is 5.12. The van der Waals surface area contributed by atoms with E-state index in [9.17, 15) is 14.4 Å². The quantitative estimate of drug-likeness (QED) is 0.789. The van der Waals surface area contributed by atoms with E-state index in [1.54, 1.807) is 19.2 Å². The van der Waals surface area contributed by atoms with Crippen molar-refractivity contribution in [2.24, 2.45) is 0 Å². The molecule has 1 aromatic heterocycles. The van der Waals surface area contributed by atoms with Crippen LogP contribution in [-0.2, 0) is 16.1 Å². The first-order valence-corrected chi connectivity index (χ1v) is 6.00. The van der Waals surface area contributed by atoms with Crippen LogP contribution in [0.5, 0.6) is 0 Å². The van der Waals surface area contributed by atoms with Gasteiger partial charge in [0.05, 0.1) is 0 Å². The van der Waals surface area contributed by atoms with Gasteiger partial charge in [-0.25, -0.2) is 4.79 Å². The maximum absolute atomic E-state index is 11.6. The average molecular weight is 258 g/mol. The summed E-state index contributed by atoms with van der Waals surface area (Å²) in [6.45, 7) is 3.25. The van der Waals surface area contributed by atoms with Gasteiger partial charge in [0.1, 0.15) is 12.6 Å². The SMILES string of the molecule is CC[C@@H](NC(=O)Cn1c(C)csc1=O)C(=O)O. The van der Waals surface area contributed by atoms with Crippen molar-refractivity contribution in [3.05, 3.63) is 20.7 Å². The van der Waals surface area contributed by atoms with Crippen LogP contribution in [-0.4, -0.2) is 27.6 Å². The van der Waals surface area contributed by atoms with E-state index in [1.165, 1.54) is 4.57 Å². The summed E-state index contributed by atoms with van der Waals surface area (Å²) in [7, 11) is 0. The molecule has 2 N–H and O–H groups in total. The molecule has 0 aliphatic rings. The molecule has 1 atom stereocenters. The molecule has 1 amide bonds. The van der Waals surface area contributed by atoms with Gasteiger partial charge in [0, 0.05) is 11.1 Å². The number of hydrogen-bond acceptors (Lipinski definition) is 4. The van der Waals surface area contributed by atoms with Crippen LogP contribution in [0.25, 0.3) is 0 Å². The van der Waals surface area contributed by atoms with Gasteiger partial charge in [0.25, 0.3) is 0 Å². The smallest absolute Gasteiger partial charge is 0.326 e. The third-order valence-electron chi connectivity index (χ3n) is 2.32. The summed E-state index contributed by atoms with van der Waals surface area (Å²) in [6.07, 6.45) is 0.304. The predicted octanol–water partition coefficient (Wildman–Crippen LogP) is 0.198. The van der Waals surface area contributed by atoms with Gasteiger partial charge in [0.15, 0.2) is 0 Å². The number of rotatable bonds is 5. The molecule has 1 heterocycles. The van der Waals surface area contributed by atoms with E-state index >= 15 is 0 Å². The van der Waals surface area contributed by atoms with Crippen molar-refractivity contribution >= 4 is 23.2 Å². The van der Waals surface area contributed by atoms with Gasteiger partial charge in [-0.05, 0) is 13.3 Å². The molecule has 17 heavy (non-hydrogen) atoms. The predicted molar refractivity (Wildman–Crippen MR) is 63.2 cm³/mol. The number of thiazole rings is 1. The topological polar surface area (TPSA) is 88.4 Å². The lowest BCUT2D eigenvalue weighted by atomic mass is 10.2. The van der Waals surface area contributed by atoms with E-state index in [1.807, 2.05) is 0 Å². The van der Waals surface area contributed by atoms with Crippen molar-refractivity contribution in [1.29, 1.82) is 0 Å². The summed E-state index contributed by atoms with van der Waals surface area (Å²) in [5, 5.41) is 12.8. The first kappa shape index (κ1) is 13.4. The van der Waals surface area contributed by atoms with Crippen molar-refractivity contribution in [2.75, 3.05) is 0 Å². The number of aryl methyl sites for hydroxylation is 1. The summed E-state index contributed by atoms with van der Waals surface area (Å²) in [6, 6.07) is -0.905. The Balaban J connectivity index is 2.68.